The predicted octanol–water partition coefficient (Wildman–Crippen LogP) is 3.82. The third-order valence-corrected chi connectivity index (χ3v) is 4.01. The summed E-state index contributed by atoms with van der Waals surface area (Å²) in [6, 6.07) is 16.1. The van der Waals surface area contributed by atoms with Gasteiger partial charge < -0.3 is 15.0 Å². The molecular weight excluding hydrogens is 300 g/mol. The van der Waals surface area contributed by atoms with Crippen LogP contribution < -0.4 is 10.1 Å². The molecule has 2 aromatic carbocycles. The smallest absolute Gasteiger partial charge is 0.220 e. The van der Waals surface area contributed by atoms with Gasteiger partial charge in [-0.25, -0.2) is 0 Å². The van der Waals surface area contributed by atoms with Crippen LogP contribution in [0.4, 0.5) is 0 Å². The van der Waals surface area contributed by atoms with Crippen LogP contribution in [0.25, 0.3) is 10.9 Å². The van der Waals surface area contributed by atoms with Gasteiger partial charge in [0.2, 0.25) is 5.91 Å². The minimum absolute atomic E-state index is 0.0514. The van der Waals surface area contributed by atoms with Gasteiger partial charge in [-0.15, -0.1) is 0 Å². The molecule has 0 saturated carbocycles. The summed E-state index contributed by atoms with van der Waals surface area (Å²) in [6.45, 7) is 3.06. The lowest BCUT2D eigenvalue weighted by atomic mass is 10.1. The zero-order valence-electron chi connectivity index (χ0n) is 13.8. The molecule has 3 aromatic rings. The van der Waals surface area contributed by atoms with Crippen LogP contribution in [0.2, 0.25) is 0 Å². The van der Waals surface area contributed by atoms with Gasteiger partial charge in [-0.1, -0.05) is 24.3 Å². The first-order chi connectivity index (χ1) is 11.8. The zero-order valence-corrected chi connectivity index (χ0v) is 13.8. The maximum absolute atomic E-state index is 12.1. The highest BCUT2D eigenvalue weighted by Crippen LogP contribution is 2.18. The molecule has 1 heterocycles. The van der Waals surface area contributed by atoms with E-state index in [4.69, 9.17) is 4.74 Å². The number of rotatable bonds is 7. The first-order valence-corrected chi connectivity index (χ1v) is 8.29. The number of amides is 1. The molecule has 1 amide bonds. The monoisotopic (exact) mass is 322 g/mol. The summed E-state index contributed by atoms with van der Waals surface area (Å²) in [4.78, 5) is 15.3. The lowest BCUT2D eigenvalue weighted by Gasteiger charge is -2.11. The Morgan fingerprint density at radius 2 is 2.04 bits per heavy atom. The number of carbonyl (C=O) groups is 1. The number of ether oxygens (including phenoxy) is 1. The van der Waals surface area contributed by atoms with Crippen molar-refractivity contribution in [2.24, 2.45) is 0 Å². The second kappa shape index (κ2) is 7.68. The molecule has 0 atom stereocenters. The Kier molecular flexibility index (Phi) is 5.16. The van der Waals surface area contributed by atoms with Crippen molar-refractivity contribution in [3.05, 3.63) is 65.9 Å². The summed E-state index contributed by atoms with van der Waals surface area (Å²) in [7, 11) is 0. The van der Waals surface area contributed by atoms with Gasteiger partial charge in [0.15, 0.2) is 0 Å². The van der Waals surface area contributed by atoms with Crippen LogP contribution in [0.3, 0.4) is 0 Å². The van der Waals surface area contributed by atoms with Crippen molar-refractivity contribution >= 4 is 16.8 Å². The van der Waals surface area contributed by atoms with Gasteiger partial charge in [0.1, 0.15) is 5.75 Å². The third kappa shape index (κ3) is 3.96. The SMILES string of the molecule is CCOc1ccccc1CNC(=O)CCc1ccc2[nH]ccc2c1. The average Bonchev–Trinajstić information content (AvgIpc) is 3.07. The molecule has 0 aliphatic heterocycles. The molecule has 0 bridgehead atoms. The summed E-state index contributed by atoms with van der Waals surface area (Å²) in [5.41, 5.74) is 3.30. The second-order valence-corrected chi connectivity index (χ2v) is 5.72. The summed E-state index contributed by atoms with van der Waals surface area (Å²) in [5.74, 6) is 0.883. The maximum Gasteiger partial charge on any atom is 0.220 e. The molecule has 1 aromatic heterocycles. The van der Waals surface area contributed by atoms with E-state index in [2.05, 4.69) is 28.5 Å². The number of aryl methyl sites for hydroxylation is 1. The Morgan fingerprint density at radius 1 is 1.17 bits per heavy atom. The fourth-order valence-electron chi connectivity index (χ4n) is 2.74. The molecule has 0 unspecified atom stereocenters. The van der Waals surface area contributed by atoms with Crippen molar-refractivity contribution in [3.63, 3.8) is 0 Å². The van der Waals surface area contributed by atoms with Crippen molar-refractivity contribution in [2.75, 3.05) is 6.61 Å². The van der Waals surface area contributed by atoms with E-state index in [-0.39, 0.29) is 5.91 Å². The van der Waals surface area contributed by atoms with E-state index in [0.29, 0.717) is 19.6 Å². The van der Waals surface area contributed by atoms with Crippen molar-refractivity contribution in [3.8, 4) is 5.75 Å². The Bertz CT molecular complexity index is 823. The molecule has 2 N–H and O–H groups in total. The highest BCUT2D eigenvalue weighted by atomic mass is 16.5. The van der Waals surface area contributed by atoms with E-state index in [1.54, 1.807) is 0 Å². The van der Waals surface area contributed by atoms with Gasteiger partial charge in [0, 0.05) is 30.2 Å². The number of carbonyl (C=O) groups excluding carboxylic acids is 1. The largest absolute Gasteiger partial charge is 0.494 e. The van der Waals surface area contributed by atoms with Crippen molar-refractivity contribution in [1.82, 2.24) is 10.3 Å². The second-order valence-electron chi connectivity index (χ2n) is 5.72. The van der Waals surface area contributed by atoms with Gasteiger partial charge in [0.25, 0.3) is 0 Å². The van der Waals surface area contributed by atoms with E-state index in [1.807, 2.05) is 43.5 Å². The predicted molar refractivity (Wildman–Crippen MR) is 96.1 cm³/mol. The van der Waals surface area contributed by atoms with Crippen LogP contribution in [0.1, 0.15) is 24.5 Å². The van der Waals surface area contributed by atoms with E-state index in [0.717, 1.165) is 23.3 Å². The Labute approximate surface area is 141 Å². The Morgan fingerprint density at radius 3 is 2.92 bits per heavy atom. The van der Waals surface area contributed by atoms with Crippen LogP contribution in [0.15, 0.2) is 54.7 Å². The van der Waals surface area contributed by atoms with Gasteiger partial charge in [-0.3, -0.25) is 4.79 Å². The zero-order chi connectivity index (χ0) is 16.8. The number of aromatic nitrogens is 1. The topological polar surface area (TPSA) is 54.1 Å². The number of fused-ring (bicyclic) bond motifs is 1. The summed E-state index contributed by atoms with van der Waals surface area (Å²) in [6.07, 6.45) is 3.14. The Hall–Kier alpha value is -2.75. The van der Waals surface area contributed by atoms with E-state index in [9.17, 15) is 4.79 Å². The number of hydrogen-bond donors (Lipinski definition) is 2. The highest BCUT2D eigenvalue weighted by molar-refractivity contribution is 5.80. The number of benzene rings is 2. The lowest BCUT2D eigenvalue weighted by molar-refractivity contribution is -0.121. The lowest BCUT2D eigenvalue weighted by Crippen LogP contribution is -2.23. The van der Waals surface area contributed by atoms with Crippen molar-refractivity contribution < 1.29 is 9.53 Å². The number of nitrogens with one attached hydrogen (secondary N) is 2. The van der Waals surface area contributed by atoms with Gasteiger partial charge in [0.05, 0.1) is 6.61 Å². The van der Waals surface area contributed by atoms with Crippen LogP contribution in [-0.4, -0.2) is 17.5 Å². The number of hydrogen-bond acceptors (Lipinski definition) is 2. The fourth-order valence-corrected chi connectivity index (χ4v) is 2.74. The first-order valence-electron chi connectivity index (χ1n) is 8.29. The summed E-state index contributed by atoms with van der Waals surface area (Å²) >= 11 is 0. The van der Waals surface area contributed by atoms with Crippen molar-refractivity contribution in [1.29, 1.82) is 0 Å². The van der Waals surface area contributed by atoms with Crippen LogP contribution >= 0.6 is 0 Å². The number of H-pyrrole nitrogens is 1. The van der Waals surface area contributed by atoms with Gasteiger partial charge in [-0.05, 0) is 48.6 Å². The minimum Gasteiger partial charge on any atom is -0.494 e. The molecule has 0 radical (unpaired) electrons. The molecule has 4 heteroatoms. The third-order valence-electron chi connectivity index (χ3n) is 4.01. The molecule has 0 saturated heterocycles. The quantitative estimate of drug-likeness (QED) is 0.695. The molecule has 4 nitrogen and oxygen atoms in total. The molecule has 3 rings (SSSR count). The van der Waals surface area contributed by atoms with Crippen LogP contribution in [0, 0.1) is 0 Å². The Balaban J connectivity index is 1.52. The normalized spacial score (nSPS) is 10.7. The van der Waals surface area contributed by atoms with E-state index in [1.165, 1.54) is 10.9 Å². The van der Waals surface area contributed by atoms with Crippen molar-refractivity contribution in [2.45, 2.75) is 26.3 Å². The number of para-hydroxylation sites is 1. The van der Waals surface area contributed by atoms with E-state index >= 15 is 0 Å². The van der Waals surface area contributed by atoms with E-state index < -0.39 is 0 Å². The summed E-state index contributed by atoms with van der Waals surface area (Å²) < 4.78 is 5.58. The molecule has 24 heavy (non-hydrogen) atoms. The highest BCUT2D eigenvalue weighted by Gasteiger charge is 2.06. The van der Waals surface area contributed by atoms with Gasteiger partial charge in [-0.2, -0.15) is 0 Å². The summed E-state index contributed by atoms with van der Waals surface area (Å²) in [5, 5.41) is 4.15. The average molecular weight is 322 g/mol. The molecular formula is C20H22N2O2. The first kappa shape index (κ1) is 16.1. The molecule has 0 spiro atoms. The maximum atomic E-state index is 12.1. The van der Waals surface area contributed by atoms with Crippen LogP contribution in [-0.2, 0) is 17.8 Å². The fraction of sp³-hybridized carbons (Fsp3) is 0.250. The van der Waals surface area contributed by atoms with Gasteiger partial charge >= 0.3 is 0 Å². The molecule has 124 valence electrons. The number of aromatic amines is 1. The molecule has 0 fully saturated rings. The minimum atomic E-state index is 0.0514. The standard InChI is InChI=1S/C20H22N2O2/c1-2-24-19-6-4-3-5-17(19)14-22-20(23)10-8-15-7-9-18-16(13-15)11-12-21-18/h3-7,9,11-13,21H,2,8,10,14H2,1H3,(H,22,23). The molecule has 0 aliphatic carbocycles. The molecule has 0 aliphatic rings. The van der Waals surface area contributed by atoms with Crippen LogP contribution in [0.5, 0.6) is 5.75 Å².